The average Bonchev–Trinajstić information content (AvgIpc) is 2.71. The molecule has 0 spiro atoms. The number of carbonyl (C=O) groups excluding carboxylic acids is 1. The van der Waals surface area contributed by atoms with Crippen molar-refractivity contribution in [1.29, 1.82) is 0 Å². The normalized spacial score (nSPS) is 13.2. The number of benzene rings is 1. The SMILES string of the molecule is C/C(=C(CCOP(=O)(O)O)/[SH]=C(\O)c1ccccc1F)N(C=O)Cc1cnc(C)nc1N. The lowest BCUT2D eigenvalue weighted by Crippen LogP contribution is -2.22. The van der Waals surface area contributed by atoms with Crippen LogP contribution in [0.1, 0.15) is 30.3 Å². The molecular formula is C19H24FN4O6PS. The van der Waals surface area contributed by atoms with Gasteiger partial charge >= 0.3 is 7.82 Å². The number of anilines is 1. The van der Waals surface area contributed by atoms with Crippen molar-refractivity contribution in [3.05, 3.63) is 63.8 Å². The molecule has 0 saturated carbocycles. The first-order valence-electron chi connectivity index (χ1n) is 9.24. The first-order valence-corrected chi connectivity index (χ1v) is 11.7. The number of aryl methyl sites for hydroxylation is 1. The Kier molecular flexibility index (Phi) is 9.20. The van der Waals surface area contributed by atoms with Crippen molar-refractivity contribution >= 4 is 36.5 Å². The number of aliphatic hydroxyl groups is 1. The van der Waals surface area contributed by atoms with E-state index < -0.39 is 20.2 Å². The summed E-state index contributed by atoms with van der Waals surface area (Å²) >= 11 is 0.130. The van der Waals surface area contributed by atoms with E-state index in [2.05, 4.69) is 14.5 Å². The van der Waals surface area contributed by atoms with Crippen LogP contribution in [0.4, 0.5) is 10.2 Å². The number of carbonyl (C=O) groups is 1. The third kappa shape index (κ3) is 7.59. The summed E-state index contributed by atoms with van der Waals surface area (Å²) in [6.07, 6.45) is 1.97. The first kappa shape index (κ1) is 25.8. The highest BCUT2D eigenvalue weighted by Crippen LogP contribution is 2.36. The van der Waals surface area contributed by atoms with Crippen LogP contribution in [0.3, 0.4) is 0 Å². The Morgan fingerprint density at radius 2 is 2.06 bits per heavy atom. The molecule has 0 aliphatic rings. The molecule has 0 unspecified atom stereocenters. The second-order valence-electron chi connectivity index (χ2n) is 6.58. The van der Waals surface area contributed by atoms with E-state index in [0.29, 0.717) is 28.4 Å². The minimum atomic E-state index is -4.72. The van der Waals surface area contributed by atoms with Crippen molar-refractivity contribution in [1.82, 2.24) is 14.9 Å². The van der Waals surface area contributed by atoms with Crippen LogP contribution in [0, 0.1) is 12.7 Å². The Morgan fingerprint density at radius 3 is 2.66 bits per heavy atom. The first-order chi connectivity index (χ1) is 15.0. The number of allylic oxidation sites excluding steroid dienone is 1. The average molecular weight is 486 g/mol. The topological polar surface area (TPSA) is 159 Å². The van der Waals surface area contributed by atoms with E-state index >= 15 is 0 Å². The zero-order chi connectivity index (χ0) is 23.9. The van der Waals surface area contributed by atoms with Crippen LogP contribution in [0.5, 0.6) is 0 Å². The van der Waals surface area contributed by atoms with Gasteiger partial charge in [0.1, 0.15) is 22.5 Å². The van der Waals surface area contributed by atoms with E-state index in [9.17, 15) is 18.9 Å². The number of hydrogen-bond donors (Lipinski definition) is 5. The van der Waals surface area contributed by atoms with E-state index in [4.69, 9.17) is 15.5 Å². The number of nitrogens with zero attached hydrogens (tertiary/aromatic N) is 3. The summed E-state index contributed by atoms with van der Waals surface area (Å²) in [6, 6.07) is 5.60. The number of phosphoric ester groups is 1. The predicted octanol–water partition coefficient (Wildman–Crippen LogP) is 2.40. The van der Waals surface area contributed by atoms with Crippen LogP contribution >= 0.6 is 19.2 Å². The maximum absolute atomic E-state index is 14.1. The van der Waals surface area contributed by atoms with Gasteiger partial charge < -0.3 is 25.5 Å². The smallest absolute Gasteiger partial charge is 0.383 e. The standard InChI is InChI=1S/C19H24FN4O6PS/c1-12(24(11-25)10-14-9-22-13(2)23-18(14)21)17(7-8-30-31(27,28)29)32-19(26)15-5-3-4-6-16(15)20/h3-6,9,11,26,32H,7-8,10H2,1-2H3,(H2,21,22,23)(H2,27,28,29)/b17-12-. The van der Waals surface area contributed by atoms with Crippen LogP contribution < -0.4 is 5.73 Å². The van der Waals surface area contributed by atoms with Crippen molar-refractivity contribution in [3.63, 3.8) is 0 Å². The fraction of sp³-hybridized carbons (Fsp3) is 0.263. The minimum Gasteiger partial charge on any atom is -0.383 e. The monoisotopic (exact) mass is 486 g/mol. The van der Waals surface area contributed by atoms with Gasteiger partial charge in [-0.1, -0.05) is 12.1 Å². The summed E-state index contributed by atoms with van der Waals surface area (Å²) in [5.41, 5.74) is 6.70. The number of rotatable bonds is 10. The van der Waals surface area contributed by atoms with Gasteiger partial charge in [-0.05, 0) is 26.0 Å². The Balaban J connectivity index is 2.43. The van der Waals surface area contributed by atoms with Crippen molar-refractivity contribution in [3.8, 4) is 0 Å². The molecule has 5 N–H and O–H groups in total. The molecule has 1 amide bonds. The largest absolute Gasteiger partial charge is 0.469 e. The van der Waals surface area contributed by atoms with Crippen molar-refractivity contribution in [2.75, 3.05) is 12.3 Å². The number of amides is 1. The molecule has 174 valence electrons. The zero-order valence-corrected chi connectivity index (χ0v) is 19.1. The number of phosphoric acid groups is 1. The Bertz CT molecular complexity index is 1090. The van der Waals surface area contributed by atoms with Gasteiger partial charge in [0.2, 0.25) is 6.41 Å². The molecule has 0 radical (unpaired) electrons. The summed E-state index contributed by atoms with van der Waals surface area (Å²) < 4.78 is 29.6. The van der Waals surface area contributed by atoms with Crippen LogP contribution in [-0.2, 0) is 20.4 Å². The molecule has 0 saturated heterocycles. The Hall–Kier alpha value is -2.47. The highest BCUT2D eigenvalue weighted by atomic mass is 32.1. The number of nitrogens with two attached hydrogens (primary N) is 1. The molecule has 0 fully saturated rings. The van der Waals surface area contributed by atoms with Gasteiger partial charge in [0.05, 0.1) is 13.2 Å². The van der Waals surface area contributed by atoms with Gasteiger partial charge in [0.25, 0.3) is 0 Å². The van der Waals surface area contributed by atoms with E-state index in [0.717, 1.165) is 0 Å². The van der Waals surface area contributed by atoms with E-state index in [1.807, 2.05) is 0 Å². The maximum Gasteiger partial charge on any atom is 0.469 e. The number of thiol groups is 1. The highest BCUT2D eigenvalue weighted by Gasteiger charge is 2.17. The van der Waals surface area contributed by atoms with Crippen molar-refractivity contribution in [2.24, 2.45) is 0 Å². The van der Waals surface area contributed by atoms with Crippen LogP contribution in [-0.4, -0.2) is 47.8 Å². The Morgan fingerprint density at radius 1 is 1.38 bits per heavy atom. The maximum atomic E-state index is 14.1. The number of halogens is 1. The second kappa shape index (κ2) is 11.4. The van der Waals surface area contributed by atoms with Gasteiger partial charge in [-0.25, -0.2) is 18.9 Å². The predicted molar refractivity (Wildman–Crippen MR) is 120 cm³/mol. The molecule has 2 aromatic rings. The van der Waals surface area contributed by atoms with Crippen LogP contribution in [0.2, 0.25) is 0 Å². The van der Waals surface area contributed by atoms with E-state index in [1.54, 1.807) is 19.9 Å². The molecule has 0 aliphatic heterocycles. The highest BCUT2D eigenvalue weighted by molar-refractivity contribution is 8.02. The van der Waals surface area contributed by atoms with Gasteiger partial charge in [-0.2, -0.15) is 0 Å². The molecule has 0 atom stereocenters. The lowest BCUT2D eigenvalue weighted by atomic mass is 10.2. The Labute approximate surface area is 187 Å². The molecule has 13 heteroatoms. The molecular weight excluding hydrogens is 462 g/mol. The third-order valence-corrected chi connectivity index (χ3v) is 6.08. The summed E-state index contributed by atoms with van der Waals surface area (Å²) in [5, 5.41) is 10.2. The summed E-state index contributed by atoms with van der Waals surface area (Å²) in [6.45, 7) is 2.87. The van der Waals surface area contributed by atoms with E-state index in [1.165, 1.54) is 29.3 Å². The minimum absolute atomic E-state index is 0.0142. The molecule has 32 heavy (non-hydrogen) atoms. The number of nitrogen functional groups attached to an aromatic ring is 1. The van der Waals surface area contributed by atoms with Crippen LogP contribution in [0.15, 0.2) is 41.1 Å². The molecule has 1 heterocycles. The van der Waals surface area contributed by atoms with Gasteiger partial charge in [-0.3, -0.25) is 9.32 Å². The molecule has 1 aromatic carbocycles. The van der Waals surface area contributed by atoms with E-state index in [-0.39, 0.29) is 40.7 Å². The zero-order valence-electron chi connectivity index (χ0n) is 17.3. The third-order valence-electron chi connectivity index (χ3n) is 4.29. The fourth-order valence-electron chi connectivity index (χ4n) is 2.63. The number of hydrogen-bond acceptors (Lipinski definition) is 6. The molecule has 0 aliphatic carbocycles. The number of aromatic nitrogens is 2. The van der Waals surface area contributed by atoms with Gasteiger partial charge in [0.15, 0.2) is 0 Å². The second-order valence-corrected chi connectivity index (χ2v) is 9.01. The van der Waals surface area contributed by atoms with Gasteiger partial charge in [0, 0.05) is 34.3 Å². The molecule has 10 nitrogen and oxygen atoms in total. The van der Waals surface area contributed by atoms with Crippen LogP contribution in [0.25, 0.3) is 0 Å². The van der Waals surface area contributed by atoms with Crippen molar-refractivity contribution < 1.29 is 33.2 Å². The lowest BCUT2D eigenvalue weighted by Gasteiger charge is -2.22. The quantitative estimate of drug-likeness (QED) is 0.147. The van der Waals surface area contributed by atoms with Crippen molar-refractivity contribution in [2.45, 2.75) is 26.8 Å². The molecule has 0 bridgehead atoms. The summed E-state index contributed by atoms with van der Waals surface area (Å²) in [5.74, 6) is 0.0222. The van der Waals surface area contributed by atoms with Gasteiger partial charge in [-0.15, -0.1) is 11.4 Å². The fourth-order valence-corrected chi connectivity index (χ4v) is 4.01. The molecule has 1 aromatic heterocycles. The number of aliphatic hydroxyl groups excluding tert-OH is 1. The lowest BCUT2D eigenvalue weighted by molar-refractivity contribution is -0.116. The summed E-state index contributed by atoms with van der Waals surface area (Å²) in [4.78, 5) is 39.4. The molecule has 2 rings (SSSR count). The summed E-state index contributed by atoms with van der Waals surface area (Å²) in [7, 11) is -4.72.